The van der Waals surface area contributed by atoms with Gasteiger partial charge in [-0.05, 0) is 18.6 Å². The number of allylic oxidation sites excluding steroid dienone is 2. The van der Waals surface area contributed by atoms with Crippen LogP contribution in [0.4, 0.5) is 0 Å². The van der Waals surface area contributed by atoms with Crippen LogP contribution in [0.1, 0.15) is 26.2 Å². The zero-order valence-corrected chi connectivity index (χ0v) is 7.70. The van der Waals surface area contributed by atoms with Crippen molar-refractivity contribution in [2.75, 3.05) is 13.3 Å². The Kier molecular flexibility index (Phi) is 4.35. The lowest BCUT2D eigenvalue weighted by atomic mass is 10.2. The van der Waals surface area contributed by atoms with Gasteiger partial charge in [-0.2, -0.15) is 0 Å². The smallest absolute Gasteiger partial charge is 0.160 e. The molecule has 2 nitrogen and oxygen atoms in total. The van der Waals surface area contributed by atoms with E-state index in [0.29, 0.717) is 6.73 Å². The standard InChI is InChI=1S/C10H17NO/c1-2-3-4-7-11-8-5-6-9-12-10-11/h5-6,8-9H,2-4,7,10H2,1H3. The molecule has 0 bridgehead atoms. The number of hydrogen-bond acceptors (Lipinski definition) is 2. The Hall–Kier alpha value is -0.920. The number of unbranched alkanes of at least 4 members (excludes halogenated alkanes) is 2. The summed E-state index contributed by atoms with van der Waals surface area (Å²) in [5, 5.41) is 0. The zero-order valence-electron chi connectivity index (χ0n) is 7.70. The topological polar surface area (TPSA) is 12.5 Å². The summed E-state index contributed by atoms with van der Waals surface area (Å²) >= 11 is 0. The first-order chi connectivity index (χ1) is 5.93. The van der Waals surface area contributed by atoms with Gasteiger partial charge >= 0.3 is 0 Å². The van der Waals surface area contributed by atoms with E-state index in [1.807, 2.05) is 12.2 Å². The quantitative estimate of drug-likeness (QED) is 0.596. The van der Waals surface area contributed by atoms with Crippen molar-refractivity contribution in [3.8, 4) is 0 Å². The molecule has 0 aliphatic carbocycles. The normalized spacial score (nSPS) is 15.9. The summed E-state index contributed by atoms with van der Waals surface area (Å²) in [6.45, 7) is 4.01. The van der Waals surface area contributed by atoms with Gasteiger partial charge in [0.2, 0.25) is 0 Å². The first-order valence-corrected chi connectivity index (χ1v) is 4.62. The summed E-state index contributed by atoms with van der Waals surface area (Å²) in [5.74, 6) is 0. The molecule has 0 saturated carbocycles. The summed E-state index contributed by atoms with van der Waals surface area (Å²) in [6, 6.07) is 0. The van der Waals surface area contributed by atoms with Gasteiger partial charge in [0.25, 0.3) is 0 Å². The summed E-state index contributed by atoms with van der Waals surface area (Å²) in [7, 11) is 0. The van der Waals surface area contributed by atoms with Gasteiger partial charge < -0.3 is 9.64 Å². The minimum Gasteiger partial charge on any atom is -0.481 e. The van der Waals surface area contributed by atoms with Crippen LogP contribution in [0.25, 0.3) is 0 Å². The third kappa shape index (κ3) is 3.46. The Labute approximate surface area is 74.5 Å². The van der Waals surface area contributed by atoms with Gasteiger partial charge in [-0.3, -0.25) is 0 Å². The summed E-state index contributed by atoms with van der Waals surface area (Å²) in [4.78, 5) is 2.19. The average Bonchev–Trinajstić information content (AvgIpc) is 2.33. The predicted molar refractivity (Wildman–Crippen MR) is 50.5 cm³/mol. The van der Waals surface area contributed by atoms with Crippen molar-refractivity contribution >= 4 is 0 Å². The Morgan fingerprint density at radius 3 is 3.08 bits per heavy atom. The molecule has 12 heavy (non-hydrogen) atoms. The second-order valence-corrected chi connectivity index (χ2v) is 2.99. The van der Waals surface area contributed by atoms with Gasteiger partial charge in [-0.25, -0.2) is 0 Å². The number of nitrogens with zero attached hydrogens (tertiary/aromatic N) is 1. The van der Waals surface area contributed by atoms with Crippen LogP contribution in [-0.2, 0) is 4.74 Å². The molecule has 0 fully saturated rings. The lowest BCUT2D eigenvalue weighted by Crippen LogP contribution is -2.19. The Morgan fingerprint density at radius 1 is 1.33 bits per heavy atom. The summed E-state index contributed by atoms with van der Waals surface area (Å²) < 4.78 is 5.22. The van der Waals surface area contributed by atoms with Crippen LogP contribution in [0.2, 0.25) is 0 Å². The summed E-state index contributed by atoms with van der Waals surface area (Å²) in [6.07, 6.45) is 11.6. The van der Waals surface area contributed by atoms with Crippen LogP contribution in [0, 0.1) is 0 Å². The van der Waals surface area contributed by atoms with Crippen LogP contribution in [-0.4, -0.2) is 18.2 Å². The molecule has 0 spiro atoms. The molecule has 0 amide bonds. The lowest BCUT2D eigenvalue weighted by molar-refractivity contribution is 0.130. The molecular weight excluding hydrogens is 150 g/mol. The molecule has 1 heterocycles. The molecule has 0 unspecified atom stereocenters. The number of ether oxygens (including phenoxy) is 1. The van der Waals surface area contributed by atoms with Crippen molar-refractivity contribution in [2.45, 2.75) is 26.2 Å². The van der Waals surface area contributed by atoms with Crippen LogP contribution in [0.3, 0.4) is 0 Å². The lowest BCUT2D eigenvalue weighted by Gasteiger charge is -2.17. The molecule has 1 aliphatic rings. The van der Waals surface area contributed by atoms with Crippen LogP contribution >= 0.6 is 0 Å². The molecule has 0 aromatic heterocycles. The van der Waals surface area contributed by atoms with Gasteiger partial charge in [0.1, 0.15) is 0 Å². The maximum Gasteiger partial charge on any atom is 0.160 e. The Morgan fingerprint density at radius 2 is 2.25 bits per heavy atom. The van der Waals surface area contributed by atoms with Gasteiger partial charge in [0.15, 0.2) is 6.73 Å². The minimum absolute atomic E-state index is 0.691. The third-order valence-corrected chi connectivity index (χ3v) is 1.87. The molecular formula is C10H17NO. The second kappa shape index (κ2) is 5.70. The highest BCUT2D eigenvalue weighted by molar-refractivity contribution is 5.00. The molecule has 0 N–H and O–H groups in total. The SMILES string of the molecule is CCCCCN1C=CC=COC1. The van der Waals surface area contributed by atoms with Crippen molar-refractivity contribution in [2.24, 2.45) is 0 Å². The maximum absolute atomic E-state index is 5.22. The second-order valence-electron chi connectivity index (χ2n) is 2.99. The Bertz CT molecular complexity index is 163. The Balaban J connectivity index is 2.14. The van der Waals surface area contributed by atoms with Crippen molar-refractivity contribution in [1.82, 2.24) is 4.90 Å². The molecule has 68 valence electrons. The highest BCUT2D eigenvalue weighted by Gasteiger charge is 1.98. The van der Waals surface area contributed by atoms with Crippen LogP contribution < -0.4 is 0 Å². The molecule has 0 radical (unpaired) electrons. The molecule has 0 saturated heterocycles. The largest absolute Gasteiger partial charge is 0.481 e. The third-order valence-electron chi connectivity index (χ3n) is 1.87. The maximum atomic E-state index is 5.22. The van der Waals surface area contributed by atoms with E-state index in [1.165, 1.54) is 19.3 Å². The van der Waals surface area contributed by atoms with Gasteiger partial charge in [-0.15, -0.1) is 0 Å². The highest BCUT2D eigenvalue weighted by Crippen LogP contribution is 2.02. The van der Waals surface area contributed by atoms with E-state index in [2.05, 4.69) is 18.0 Å². The molecule has 0 aromatic carbocycles. The average molecular weight is 167 g/mol. The van der Waals surface area contributed by atoms with Gasteiger partial charge in [0, 0.05) is 12.7 Å². The van der Waals surface area contributed by atoms with E-state index >= 15 is 0 Å². The van der Waals surface area contributed by atoms with Crippen molar-refractivity contribution in [3.05, 3.63) is 24.6 Å². The first kappa shape index (κ1) is 9.17. The predicted octanol–water partition coefficient (Wildman–Crippen LogP) is 2.49. The van der Waals surface area contributed by atoms with Gasteiger partial charge in [-0.1, -0.05) is 19.8 Å². The first-order valence-electron chi connectivity index (χ1n) is 4.62. The fourth-order valence-corrected chi connectivity index (χ4v) is 1.16. The number of hydrogen-bond donors (Lipinski definition) is 0. The van der Waals surface area contributed by atoms with E-state index in [9.17, 15) is 0 Å². The van der Waals surface area contributed by atoms with Crippen molar-refractivity contribution in [1.29, 1.82) is 0 Å². The van der Waals surface area contributed by atoms with E-state index in [1.54, 1.807) is 6.26 Å². The monoisotopic (exact) mass is 167 g/mol. The minimum atomic E-state index is 0.691. The van der Waals surface area contributed by atoms with Gasteiger partial charge in [0.05, 0.1) is 6.26 Å². The van der Waals surface area contributed by atoms with Crippen molar-refractivity contribution in [3.63, 3.8) is 0 Å². The fraction of sp³-hybridized carbons (Fsp3) is 0.600. The fourth-order valence-electron chi connectivity index (χ4n) is 1.16. The van der Waals surface area contributed by atoms with E-state index in [0.717, 1.165) is 6.54 Å². The van der Waals surface area contributed by atoms with E-state index < -0.39 is 0 Å². The molecule has 0 aromatic rings. The molecule has 1 aliphatic heterocycles. The van der Waals surface area contributed by atoms with E-state index in [4.69, 9.17) is 4.74 Å². The van der Waals surface area contributed by atoms with Crippen LogP contribution in [0.15, 0.2) is 24.6 Å². The molecule has 2 heteroatoms. The molecule has 0 atom stereocenters. The number of rotatable bonds is 4. The molecule has 1 rings (SSSR count). The highest BCUT2D eigenvalue weighted by atomic mass is 16.5. The van der Waals surface area contributed by atoms with E-state index in [-0.39, 0.29) is 0 Å². The van der Waals surface area contributed by atoms with Crippen LogP contribution in [0.5, 0.6) is 0 Å². The summed E-state index contributed by atoms with van der Waals surface area (Å²) in [5.41, 5.74) is 0. The zero-order chi connectivity index (χ0) is 8.65. The van der Waals surface area contributed by atoms with Crippen molar-refractivity contribution < 1.29 is 4.74 Å².